The van der Waals surface area contributed by atoms with Crippen molar-refractivity contribution in [3.8, 4) is 0 Å². The van der Waals surface area contributed by atoms with E-state index in [0.29, 0.717) is 25.8 Å². The number of hydrogen-bond acceptors (Lipinski definition) is 3. The van der Waals surface area contributed by atoms with Gasteiger partial charge in [-0.25, -0.2) is 10.2 Å². The third-order valence-corrected chi connectivity index (χ3v) is 3.69. The molecule has 5 nitrogen and oxygen atoms in total. The molecule has 21 heavy (non-hydrogen) atoms. The number of carbonyl (C=O) groups is 2. The lowest BCUT2D eigenvalue weighted by Gasteiger charge is -2.29. The number of hydrogen-bond donors (Lipinski definition) is 2. The standard InChI is InChI=1S/C15H20FN3O2/c16-12-6-7-13-11(10-12)5-8-15(21)19(13)9-3-1-2-4-14(20)18-17/h6-7,10H,1-5,8-9,17H2,(H,18,20). The first kappa shape index (κ1) is 15.4. The topological polar surface area (TPSA) is 75.4 Å². The van der Waals surface area contributed by atoms with E-state index in [0.717, 1.165) is 30.5 Å². The molecule has 1 aromatic carbocycles. The summed E-state index contributed by atoms with van der Waals surface area (Å²) in [6.45, 7) is 0.599. The number of aryl methyl sites for hydroxylation is 1. The van der Waals surface area contributed by atoms with Gasteiger partial charge in [-0.05, 0) is 43.0 Å². The lowest BCUT2D eigenvalue weighted by atomic mass is 10.0. The van der Waals surface area contributed by atoms with Crippen molar-refractivity contribution in [2.45, 2.75) is 38.5 Å². The van der Waals surface area contributed by atoms with Gasteiger partial charge in [0.1, 0.15) is 5.82 Å². The number of carbonyl (C=O) groups excluding carboxylic acids is 2. The summed E-state index contributed by atoms with van der Waals surface area (Å²) in [6, 6.07) is 4.56. The second-order valence-corrected chi connectivity index (χ2v) is 5.20. The van der Waals surface area contributed by atoms with Crippen LogP contribution in [0.1, 0.15) is 37.7 Å². The molecule has 0 saturated carbocycles. The summed E-state index contributed by atoms with van der Waals surface area (Å²) in [7, 11) is 0. The predicted octanol–water partition coefficient (Wildman–Crippen LogP) is 1.66. The molecule has 114 valence electrons. The Balaban J connectivity index is 1.88. The van der Waals surface area contributed by atoms with E-state index in [4.69, 9.17) is 5.84 Å². The molecule has 0 saturated heterocycles. The van der Waals surface area contributed by atoms with Gasteiger partial charge < -0.3 is 4.90 Å². The molecule has 0 spiro atoms. The van der Waals surface area contributed by atoms with Crippen LogP contribution < -0.4 is 16.2 Å². The molecular weight excluding hydrogens is 273 g/mol. The first-order valence-electron chi connectivity index (χ1n) is 7.20. The first-order valence-corrected chi connectivity index (χ1v) is 7.20. The number of anilines is 1. The summed E-state index contributed by atoms with van der Waals surface area (Å²) in [4.78, 5) is 24.7. The van der Waals surface area contributed by atoms with Gasteiger partial charge in [0.15, 0.2) is 0 Å². The Hall–Kier alpha value is -1.95. The highest BCUT2D eigenvalue weighted by Gasteiger charge is 2.23. The Kier molecular flexibility index (Phi) is 5.27. The summed E-state index contributed by atoms with van der Waals surface area (Å²) in [5, 5.41) is 0. The highest BCUT2D eigenvalue weighted by Crippen LogP contribution is 2.28. The van der Waals surface area contributed by atoms with E-state index in [2.05, 4.69) is 5.43 Å². The van der Waals surface area contributed by atoms with Gasteiger partial charge in [-0.1, -0.05) is 6.42 Å². The highest BCUT2D eigenvalue weighted by molar-refractivity contribution is 5.96. The molecule has 0 bridgehead atoms. The van der Waals surface area contributed by atoms with Crippen LogP contribution in [0, 0.1) is 5.82 Å². The SMILES string of the molecule is NNC(=O)CCCCCN1C(=O)CCc2cc(F)ccc21. The molecule has 2 rings (SSSR count). The summed E-state index contributed by atoms with van der Waals surface area (Å²) in [5.74, 6) is 4.64. The van der Waals surface area contributed by atoms with Gasteiger partial charge in [-0.15, -0.1) is 0 Å². The molecule has 0 atom stereocenters. The normalized spacial score (nSPS) is 14.0. The van der Waals surface area contributed by atoms with Gasteiger partial charge in [-0.2, -0.15) is 0 Å². The average Bonchev–Trinajstić information content (AvgIpc) is 2.48. The monoisotopic (exact) mass is 293 g/mol. The van der Waals surface area contributed by atoms with Crippen molar-refractivity contribution in [3.05, 3.63) is 29.6 Å². The van der Waals surface area contributed by atoms with Crippen molar-refractivity contribution in [1.29, 1.82) is 0 Å². The first-order chi connectivity index (χ1) is 10.1. The van der Waals surface area contributed by atoms with Crippen LogP contribution in [-0.2, 0) is 16.0 Å². The smallest absolute Gasteiger partial charge is 0.233 e. The van der Waals surface area contributed by atoms with E-state index in [-0.39, 0.29) is 17.6 Å². The Bertz CT molecular complexity index is 534. The van der Waals surface area contributed by atoms with E-state index in [1.165, 1.54) is 12.1 Å². The van der Waals surface area contributed by atoms with Gasteiger partial charge in [-0.3, -0.25) is 15.0 Å². The molecule has 0 radical (unpaired) electrons. The van der Waals surface area contributed by atoms with E-state index in [1.54, 1.807) is 11.0 Å². The Labute approximate surface area is 123 Å². The number of fused-ring (bicyclic) bond motifs is 1. The van der Waals surface area contributed by atoms with Crippen LogP contribution in [0.2, 0.25) is 0 Å². The summed E-state index contributed by atoms with van der Waals surface area (Å²) < 4.78 is 13.2. The zero-order chi connectivity index (χ0) is 15.2. The number of nitrogens with zero attached hydrogens (tertiary/aromatic N) is 1. The van der Waals surface area contributed by atoms with Crippen LogP contribution in [0.25, 0.3) is 0 Å². The summed E-state index contributed by atoms with van der Waals surface area (Å²) in [5.41, 5.74) is 3.79. The highest BCUT2D eigenvalue weighted by atomic mass is 19.1. The van der Waals surface area contributed by atoms with Crippen molar-refractivity contribution in [3.63, 3.8) is 0 Å². The van der Waals surface area contributed by atoms with Crippen molar-refractivity contribution >= 4 is 17.5 Å². The molecule has 0 fully saturated rings. The number of amides is 2. The van der Waals surface area contributed by atoms with Crippen molar-refractivity contribution in [2.24, 2.45) is 5.84 Å². The van der Waals surface area contributed by atoms with Crippen LogP contribution in [-0.4, -0.2) is 18.4 Å². The van der Waals surface area contributed by atoms with Crippen molar-refractivity contribution in [2.75, 3.05) is 11.4 Å². The predicted molar refractivity (Wildman–Crippen MR) is 77.9 cm³/mol. The number of hydrazine groups is 1. The minimum Gasteiger partial charge on any atom is -0.312 e. The summed E-state index contributed by atoms with van der Waals surface area (Å²) in [6.07, 6.45) is 3.80. The number of benzene rings is 1. The van der Waals surface area contributed by atoms with Gasteiger partial charge in [0.25, 0.3) is 0 Å². The summed E-state index contributed by atoms with van der Waals surface area (Å²) >= 11 is 0. The second kappa shape index (κ2) is 7.17. The molecule has 0 unspecified atom stereocenters. The van der Waals surface area contributed by atoms with E-state index >= 15 is 0 Å². The van der Waals surface area contributed by atoms with Crippen molar-refractivity contribution in [1.82, 2.24) is 5.43 Å². The molecule has 2 amide bonds. The maximum absolute atomic E-state index is 13.2. The second-order valence-electron chi connectivity index (χ2n) is 5.20. The zero-order valence-electron chi connectivity index (χ0n) is 11.9. The number of nitrogens with one attached hydrogen (secondary N) is 1. The number of rotatable bonds is 6. The van der Waals surface area contributed by atoms with Gasteiger partial charge in [0.05, 0.1) is 0 Å². The number of halogens is 1. The van der Waals surface area contributed by atoms with Crippen LogP contribution in [0.15, 0.2) is 18.2 Å². The largest absolute Gasteiger partial charge is 0.312 e. The van der Waals surface area contributed by atoms with Crippen LogP contribution in [0.4, 0.5) is 10.1 Å². The van der Waals surface area contributed by atoms with Crippen molar-refractivity contribution < 1.29 is 14.0 Å². The Morgan fingerprint density at radius 2 is 2.10 bits per heavy atom. The molecule has 1 aliphatic heterocycles. The lowest BCUT2D eigenvalue weighted by molar-refractivity contribution is -0.121. The molecular formula is C15H20FN3O2. The number of nitrogens with two attached hydrogens (primary N) is 1. The van der Waals surface area contributed by atoms with E-state index in [9.17, 15) is 14.0 Å². The van der Waals surface area contributed by atoms with Crippen LogP contribution in [0.5, 0.6) is 0 Å². The molecule has 6 heteroatoms. The third-order valence-electron chi connectivity index (χ3n) is 3.69. The minimum atomic E-state index is -0.268. The van der Waals surface area contributed by atoms with E-state index < -0.39 is 0 Å². The van der Waals surface area contributed by atoms with Gasteiger partial charge in [0, 0.05) is 25.1 Å². The quantitative estimate of drug-likeness (QED) is 0.362. The average molecular weight is 293 g/mol. The number of unbranched alkanes of at least 4 members (excludes halogenated alkanes) is 2. The fourth-order valence-corrected chi connectivity index (χ4v) is 2.58. The van der Waals surface area contributed by atoms with Crippen LogP contribution >= 0.6 is 0 Å². The Morgan fingerprint density at radius 1 is 1.29 bits per heavy atom. The van der Waals surface area contributed by atoms with Gasteiger partial charge >= 0.3 is 0 Å². The minimum absolute atomic E-state index is 0.0776. The zero-order valence-corrected chi connectivity index (χ0v) is 11.9. The maximum atomic E-state index is 13.2. The molecule has 1 aromatic rings. The van der Waals surface area contributed by atoms with Crippen LogP contribution in [0.3, 0.4) is 0 Å². The fraction of sp³-hybridized carbons (Fsp3) is 0.467. The lowest BCUT2D eigenvalue weighted by Crippen LogP contribution is -2.36. The van der Waals surface area contributed by atoms with E-state index in [1.807, 2.05) is 0 Å². The molecule has 0 aromatic heterocycles. The van der Waals surface area contributed by atoms with Gasteiger partial charge in [0.2, 0.25) is 11.8 Å². The fourth-order valence-electron chi connectivity index (χ4n) is 2.58. The molecule has 0 aliphatic carbocycles. The maximum Gasteiger partial charge on any atom is 0.233 e. The third kappa shape index (κ3) is 4.01. The molecule has 1 aliphatic rings. The Morgan fingerprint density at radius 3 is 2.86 bits per heavy atom. The molecule has 1 heterocycles. The molecule has 3 N–H and O–H groups in total.